The van der Waals surface area contributed by atoms with Crippen molar-refractivity contribution in [2.45, 2.75) is 25.1 Å². The summed E-state index contributed by atoms with van der Waals surface area (Å²) in [5.41, 5.74) is 0.975. The molecule has 56 valence electrons. The molecule has 0 aliphatic rings. The smallest absolute Gasteiger partial charge is 0.137 e. The van der Waals surface area contributed by atoms with Crippen molar-refractivity contribution in [1.29, 1.82) is 0 Å². The number of aryl methyl sites for hydroxylation is 1. The van der Waals surface area contributed by atoms with E-state index in [1.165, 1.54) is 0 Å². The van der Waals surface area contributed by atoms with E-state index in [4.69, 9.17) is 4.52 Å². The first kappa shape index (κ1) is 7.79. The Balaban J connectivity index is 2.59. The van der Waals surface area contributed by atoms with Crippen LogP contribution >= 0.6 is 15.9 Å². The first-order valence-corrected chi connectivity index (χ1v) is 4.49. The SMILES string of the molecule is CCCc1cc(CBr)no1. The van der Waals surface area contributed by atoms with E-state index in [1.54, 1.807) is 0 Å². The molecule has 1 aromatic rings. The highest BCUT2D eigenvalue weighted by atomic mass is 79.9. The second kappa shape index (κ2) is 3.76. The van der Waals surface area contributed by atoms with Crippen LogP contribution in [0.3, 0.4) is 0 Å². The van der Waals surface area contributed by atoms with Crippen molar-refractivity contribution in [3.8, 4) is 0 Å². The summed E-state index contributed by atoms with van der Waals surface area (Å²) in [5.74, 6) is 0.983. The number of aromatic nitrogens is 1. The quantitative estimate of drug-likeness (QED) is 0.707. The van der Waals surface area contributed by atoms with Crippen molar-refractivity contribution in [2.75, 3.05) is 0 Å². The van der Waals surface area contributed by atoms with Crippen molar-refractivity contribution in [3.05, 3.63) is 17.5 Å². The summed E-state index contributed by atoms with van der Waals surface area (Å²) in [7, 11) is 0. The van der Waals surface area contributed by atoms with Gasteiger partial charge in [-0.2, -0.15) is 0 Å². The molecule has 2 nitrogen and oxygen atoms in total. The molecule has 3 heteroatoms. The third-order valence-electron chi connectivity index (χ3n) is 1.24. The van der Waals surface area contributed by atoms with Gasteiger partial charge < -0.3 is 4.52 Å². The molecule has 0 saturated heterocycles. The standard InChI is InChI=1S/C7H10BrNO/c1-2-3-7-4-6(5-8)9-10-7/h4H,2-3,5H2,1H3. The summed E-state index contributed by atoms with van der Waals surface area (Å²) in [6.45, 7) is 2.12. The Hall–Kier alpha value is -0.310. The Kier molecular flexibility index (Phi) is 2.93. The van der Waals surface area contributed by atoms with Gasteiger partial charge in [-0.25, -0.2) is 0 Å². The van der Waals surface area contributed by atoms with E-state index in [0.29, 0.717) is 0 Å². The molecule has 0 bridgehead atoms. The van der Waals surface area contributed by atoms with Crippen molar-refractivity contribution in [2.24, 2.45) is 0 Å². The van der Waals surface area contributed by atoms with Gasteiger partial charge in [0.1, 0.15) is 5.76 Å². The molecule has 1 rings (SSSR count). The summed E-state index contributed by atoms with van der Waals surface area (Å²) in [4.78, 5) is 0. The van der Waals surface area contributed by atoms with Crippen LogP contribution in [0.15, 0.2) is 10.6 Å². The molecule has 0 saturated carbocycles. The van der Waals surface area contributed by atoms with Crippen LogP contribution in [0, 0.1) is 0 Å². The molecule has 0 aromatic carbocycles. The topological polar surface area (TPSA) is 26.0 Å². The van der Waals surface area contributed by atoms with Gasteiger partial charge in [0.2, 0.25) is 0 Å². The summed E-state index contributed by atoms with van der Waals surface area (Å²) in [6.07, 6.45) is 2.09. The fourth-order valence-electron chi connectivity index (χ4n) is 0.783. The van der Waals surface area contributed by atoms with E-state index in [2.05, 4.69) is 28.0 Å². The lowest BCUT2D eigenvalue weighted by Gasteiger charge is -1.83. The van der Waals surface area contributed by atoms with Crippen LogP contribution < -0.4 is 0 Å². The second-order valence-electron chi connectivity index (χ2n) is 2.17. The van der Waals surface area contributed by atoms with Crippen LogP contribution in [-0.4, -0.2) is 5.16 Å². The Labute approximate surface area is 68.7 Å². The molecule has 1 aromatic heterocycles. The maximum atomic E-state index is 5.02. The molecule has 0 aliphatic heterocycles. The number of alkyl halides is 1. The van der Waals surface area contributed by atoms with E-state index < -0.39 is 0 Å². The highest BCUT2D eigenvalue weighted by Gasteiger charge is 1.99. The minimum atomic E-state index is 0.778. The van der Waals surface area contributed by atoms with E-state index in [1.807, 2.05) is 6.07 Å². The summed E-state index contributed by atoms with van der Waals surface area (Å²) < 4.78 is 5.02. The second-order valence-corrected chi connectivity index (χ2v) is 2.73. The van der Waals surface area contributed by atoms with Gasteiger partial charge in [0.25, 0.3) is 0 Å². The minimum Gasteiger partial charge on any atom is -0.361 e. The Morgan fingerprint density at radius 1 is 1.70 bits per heavy atom. The molecule has 0 N–H and O–H groups in total. The third kappa shape index (κ3) is 1.84. The molecule has 0 unspecified atom stereocenters. The molecular weight excluding hydrogens is 194 g/mol. The minimum absolute atomic E-state index is 0.778. The highest BCUT2D eigenvalue weighted by Crippen LogP contribution is 2.08. The predicted molar refractivity (Wildman–Crippen MR) is 43.1 cm³/mol. The molecule has 0 fully saturated rings. The first-order valence-electron chi connectivity index (χ1n) is 3.37. The van der Waals surface area contributed by atoms with Gasteiger partial charge in [-0.3, -0.25) is 0 Å². The van der Waals surface area contributed by atoms with Gasteiger partial charge in [-0.05, 0) is 6.42 Å². The van der Waals surface area contributed by atoms with Crippen LogP contribution in [0.25, 0.3) is 0 Å². The maximum absolute atomic E-state index is 5.02. The zero-order chi connectivity index (χ0) is 7.40. The maximum Gasteiger partial charge on any atom is 0.137 e. The van der Waals surface area contributed by atoms with Crippen molar-refractivity contribution in [3.63, 3.8) is 0 Å². The van der Waals surface area contributed by atoms with E-state index in [0.717, 1.165) is 29.6 Å². The third-order valence-corrected chi connectivity index (χ3v) is 1.82. The van der Waals surface area contributed by atoms with Gasteiger partial charge >= 0.3 is 0 Å². The van der Waals surface area contributed by atoms with E-state index in [9.17, 15) is 0 Å². The number of hydrogen-bond donors (Lipinski definition) is 0. The number of rotatable bonds is 3. The first-order chi connectivity index (χ1) is 4.86. The average Bonchev–Trinajstić information content (AvgIpc) is 2.37. The normalized spacial score (nSPS) is 10.2. The van der Waals surface area contributed by atoms with Crippen LogP contribution in [0.1, 0.15) is 24.8 Å². The van der Waals surface area contributed by atoms with E-state index >= 15 is 0 Å². The number of hydrogen-bond acceptors (Lipinski definition) is 2. The zero-order valence-corrected chi connectivity index (χ0v) is 7.52. The lowest BCUT2D eigenvalue weighted by atomic mass is 10.2. The molecule has 0 atom stereocenters. The predicted octanol–water partition coefficient (Wildman–Crippen LogP) is 2.52. The van der Waals surface area contributed by atoms with Crippen molar-refractivity contribution >= 4 is 15.9 Å². The van der Waals surface area contributed by atoms with Crippen molar-refractivity contribution < 1.29 is 4.52 Å². The Morgan fingerprint density at radius 2 is 2.50 bits per heavy atom. The van der Waals surface area contributed by atoms with Crippen LogP contribution in [0.2, 0.25) is 0 Å². The largest absolute Gasteiger partial charge is 0.361 e. The summed E-state index contributed by atoms with van der Waals surface area (Å²) >= 11 is 3.30. The molecule has 0 spiro atoms. The fourth-order valence-corrected chi connectivity index (χ4v) is 1.05. The summed E-state index contributed by atoms with van der Waals surface area (Å²) in [5, 5.41) is 4.61. The van der Waals surface area contributed by atoms with Gasteiger partial charge in [-0.15, -0.1) is 0 Å². The van der Waals surface area contributed by atoms with E-state index in [-0.39, 0.29) is 0 Å². The molecule has 10 heavy (non-hydrogen) atoms. The fraction of sp³-hybridized carbons (Fsp3) is 0.571. The lowest BCUT2D eigenvalue weighted by molar-refractivity contribution is 0.378. The van der Waals surface area contributed by atoms with Crippen LogP contribution in [0.5, 0.6) is 0 Å². The molecule has 0 radical (unpaired) electrons. The molecule has 0 amide bonds. The monoisotopic (exact) mass is 203 g/mol. The summed E-state index contributed by atoms with van der Waals surface area (Å²) in [6, 6.07) is 1.98. The highest BCUT2D eigenvalue weighted by molar-refractivity contribution is 9.08. The lowest BCUT2D eigenvalue weighted by Crippen LogP contribution is -1.75. The molecule has 1 heterocycles. The van der Waals surface area contributed by atoms with Gasteiger partial charge in [0.15, 0.2) is 0 Å². The Bertz CT molecular complexity index is 197. The number of nitrogens with zero attached hydrogens (tertiary/aromatic N) is 1. The number of halogens is 1. The Morgan fingerprint density at radius 3 is 3.00 bits per heavy atom. The van der Waals surface area contributed by atoms with Crippen molar-refractivity contribution in [1.82, 2.24) is 5.16 Å². The average molecular weight is 204 g/mol. The van der Waals surface area contributed by atoms with Gasteiger partial charge in [-0.1, -0.05) is 28.0 Å². The molecular formula is C7H10BrNO. The zero-order valence-electron chi connectivity index (χ0n) is 5.93. The van der Waals surface area contributed by atoms with Crippen LogP contribution in [-0.2, 0) is 11.8 Å². The van der Waals surface area contributed by atoms with Gasteiger partial charge in [0, 0.05) is 17.8 Å². The van der Waals surface area contributed by atoms with Crippen LogP contribution in [0.4, 0.5) is 0 Å². The van der Waals surface area contributed by atoms with Gasteiger partial charge in [0.05, 0.1) is 5.69 Å². The molecule has 0 aliphatic carbocycles.